The van der Waals surface area contributed by atoms with Crippen molar-refractivity contribution in [2.75, 3.05) is 11.4 Å². The van der Waals surface area contributed by atoms with Gasteiger partial charge < -0.3 is 4.90 Å². The molecule has 1 amide bonds. The van der Waals surface area contributed by atoms with Crippen molar-refractivity contribution in [3.05, 3.63) is 60.4 Å². The number of anilines is 1. The van der Waals surface area contributed by atoms with E-state index >= 15 is 0 Å². The number of sulfonamides is 1. The van der Waals surface area contributed by atoms with Gasteiger partial charge in [0.15, 0.2) is 0 Å². The third-order valence-corrected chi connectivity index (χ3v) is 5.27. The Balaban J connectivity index is 2.23. The van der Waals surface area contributed by atoms with Crippen molar-refractivity contribution in [3.63, 3.8) is 0 Å². The lowest BCUT2D eigenvalue weighted by molar-refractivity contribution is -0.120. The first-order valence-electron chi connectivity index (χ1n) is 8.03. The van der Waals surface area contributed by atoms with Crippen LogP contribution in [-0.2, 0) is 14.8 Å². The summed E-state index contributed by atoms with van der Waals surface area (Å²) in [4.78, 5) is 14.3. The fraction of sp³-hybridized carbons (Fsp3) is 0.278. The minimum atomic E-state index is -3.92. The summed E-state index contributed by atoms with van der Waals surface area (Å²) in [6, 6.07) is 12.6. The molecular formula is C18H21FN2O3S. The Bertz CT molecular complexity index is 808. The predicted octanol–water partition coefficient (Wildman–Crippen LogP) is 2.94. The Morgan fingerprint density at radius 1 is 1.08 bits per heavy atom. The highest BCUT2D eigenvalue weighted by Crippen LogP contribution is 2.17. The number of para-hydroxylation sites is 1. The Labute approximate surface area is 147 Å². The summed E-state index contributed by atoms with van der Waals surface area (Å²) in [5.41, 5.74) is 0.703. The molecule has 1 unspecified atom stereocenters. The molecule has 0 heterocycles. The van der Waals surface area contributed by atoms with Crippen LogP contribution in [-0.4, -0.2) is 26.9 Å². The fourth-order valence-corrected chi connectivity index (χ4v) is 3.71. The van der Waals surface area contributed by atoms with Gasteiger partial charge in [-0.1, -0.05) is 25.1 Å². The van der Waals surface area contributed by atoms with E-state index in [1.165, 1.54) is 17.0 Å². The molecule has 25 heavy (non-hydrogen) atoms. The standard InChI is InChI=1S/C18H21FN2O3S/c1-3-17(18(22)21(4-2)15-8-6-5-7-9-15)20-25(23,24)16-12-10-14(19)11-13-16/h5-13,17,20H,3-4H2,1-2H3. The Morgan fingerprint density at radius 3 is 2.20 bits per heavy atom. The van der Waals surface area contributed by atoms with Gasteiger partial charge in [-0.3, -0.25) is 4.79 Å². The second-order valence-corrected chi connectivity index (χ2v) is 7.17. The van der Waals surface area contributed by atoms with Gasteiger partial charge in [0.25, 0.3) is 0 Å². The molecule has 0 spiro atoms. The van der Waals surface area contributed by atoms with Gasteiger partial charge in [-0.15, -0.1) is 0 Å². The number of hydrogen-bond acceptors (Lipinski definition) is 3. The summed E-state index contributed by atoms with van der Waals surface area (Å²) < 4.78 is 40.3. The maximum Gasteiger partial charge on any atom is 0.245 e. The number of carbonyl (C=O) groups is 1. The summed E-state index contributed by atoms with van der Waals surface area (Å²) in [6.45, 7) is 3.97. The summed E-state index contributed by atoms with van der Waals surface area (Å²) in [5, 5.41) is 0. The number of halogens is 1. The number of hydrogen-bond donors (Lipinski definition) is 1. The first-order chi connectivity index (χ1) is 11.9. The van der Waals surface area contributed by atoms with Gasteiger partial charge in [-0.05, 0) is 49.7 Å². The molecule has 1 N–H and O–H groups in total. The second-order valence-electron chi connectivity index (χ2n) is 5.45. The topological polar surface area (TPSA) is 66.5 Å². The summed E-state index contributed by atoms with van der Waals surface area (Å²) in [7, 11) is -3.92. The molecule has 7 heteroatoms. The largest absolute Gasteiger partial charge is 0.311 e. The van der Waals surface area contributed by atoms with Crippen molar-refractivity contribution in [1.29, 1.82) is 0 Å². The molecule has 0 aliphatic rings. The third-order valence-electron chi connectivity index (χ3n) is 3.78. The maximum atomic E-state index is 13.0. The molecular weight excluding hydrogens is 343 g/mol. The van der Waals surface area contributed by atoms with Crippen molar-refractivity contribution in [2.24, 2.45) is 0 Å². The van der Waals surface area contributed by atoms with Crippen LogP contribution in [0.1, 0.15) is 20.3 Å². The molecule has 0 saturated carbocycles. The van der Waals surface area contributed by atoms with E-state index in [1.54, 1.807) is 19.1 Å². The van der Waals surface area contributed by atoms with Gasteiger partial charge in [0.2, 0.25) is 15.9 Å². The number of amides is 1. The maximum absolute atomic E-state index is 13.0. The summed E-state index contributed by atoms with van der Waals surface area (Å²) in [6.07, 6.45) is 0.294. The van der Waals surface area contributed by atoms with E-state index in [9.17, 15) is 17.6 Å². The van der Waals surface area contributed by atoms with Crippen LogP contribution in [0.5, 0.6) is 0 Å². The Morgan fingerprint density at radius 2 is 1.68 bits per heavy atom. The lowest BCUT2D eigenvalue weighted by atomic mass is 10.2. The van der Waals surface area contributed by atoms with E-state index < -0.39 is 21.9 Å². The van der Waals surface area contributed by atoms with E-state index in [0.29, 0.717) is 18.7 Å². The molecule has 0 saturated heterocycles. The van der Waals surface area contributed by atoms with E-state index in [-0.39, 0.29) is 10.8 Å². The first-order valence-corrected chi connectivity index (χ1v) is 9.51. The van der Waals surface area contributed by atoms with Crippen LogP contribution in [0.3, 0.4) is 0 Å². The van der Waals surface area contributed by atoms with Crippen molar-refractivity contribution in [2.45, 2.75) is 31.2 Å². The molecule has 0 fully saturated rings. The molecule has 0 aromatic heterocycles. The van der Waals surface area contributed by atoms with Crippen molar-refractivity contribution >= 4 is 21.6 Å². The zero-order chi connectivity index (χ0) is 18.4. The van der Waals surface area contributed by atoms with E-state index in [4.69, 9.17) is 0 Å². The van der Waals surface area contributed by atoms with Gasteiger partial charge in [0.1, 0.15) is 11.9 Å². The van der Waals surface area contributed by atoms with Crippen LogP contribution < -0.4 is 9.62 Å². The quantitative estimate of drug-likeness (QED) is 0.821. The smallest absolute Gasteiger partial charge is 0.245 e. The number of benzene rings is 2. The zero-order valence-corrected chi connectivity index (χ0v) is 15.0. The Kier molecular flexibility index (Phi) is 6.27. The van der Waals surface area contributed by atoms with E-state index in [0.717, 1.165) is 12.1 Å². The zero-order valence-electron chi connectivity index (χ0n) is 14.1. The molecule has 2 aromatic carbocycles. The highest BCUT2D eigenvalue weighted by atomic mass is 32.2. The lowest BCUT2D eigenvalue weighted by Crippen LogP contribution is -2.48. The first kappa shape index (κ1) is 19.1. The monoisotopic (exact) mass is 364 g/mol. The van der Waals surface area contributed by atoms with Crippen LogP contribution in [0.15, 0.2) is 59.5 Å². The van der Waals surface area contributed by atoms with Crippen LogP contribution in [0, 0.1) is 5.82 Å². The molecule has 0 radical (unpaired) electrons. The number of rotatable bonds is 7. The van der Waals surface area contributed by atoms with Gasteiger partial charge in [0.05, 0.1) is 4.90 Å². The molecule has 0 aliphatic heterocycles. The van der Waals surface area contributed by atoms with Crippen molar-refractivity contribution in [1.82, 2.24) is 4.72 Å². The number of carbonyl (C=O) groups excluding carboxylic acids is 1. The van der Waals surface area contributed by atoms with Crippen LogP contribution in [0.25, 0.3) is 0 Å². The number of nitrogens with one attached hydrogen (secondary N) is 1. The average molecular weight is 364 g/mol. The number of likely N-dealkylation sites (N-methyl/N-ethyl adjacent to an activating group) is 1. The molecule has 134 valence electrons. The number of nitrogens with zero attached hydrogens (tertiary/aromatic N) is 1. The van der Waals surface area contributed by atoms with Crippen molar-refractivity contribution < 1.29 is 17.6 Å². The lowest BCUT2D eigenvalue weighted by Gasteiger charge is -2.26. The fourth-order valence-electron chi connectivity index (χ4n) is 2.44. The summed E-state index contributed by atoms with van der Waals surface area (Å²) in [5.74, 6) is -0.856. The Hall–Kier alpha value is -2.25. The van der Waals surface area contributed by atoms with Gasteiger partial charge in [-0.25, -0.2) is 12.8 Å². The highest BCUT2D eigenvalue weighted by Gasteiger charge is 2.28. The third kappa shape index (κ3) is 4.64. The molecule has 2 rings (SSSR count). The summed E-state index contributed by atoms with van der Waals surface area (Å²) >= 11 is 0. The van der Waals surface area contributed by atoms with E-state index in [1.807, 2.05) is 25.1 Å². The highest BCUT2D eigenvalue weighted by molar-refractivity contribution is 7.89. The van der Waals surface area contributed by atoms with Gasteiger partial charge in [-0.2, -0.15) is 4.72 Å². The van der Waals surface area contributed by atoms with Crippen LogP contribution in [0.4, 0.5) is 10.1 Å². The molecule has 5 nitrogen and oxygen atoms in total. The second kappa shape index (κ2) is 8.22. The molecule has 0 bridgehead atoms. The molecule has 0 aliphatic carbocycles. The SMILES string of the molecule is CCC(NS(=O)(=O)c1ccc(F)cc1)C(=O)N(CC)c1ccccc1. The van der Waals surface area contributed by atoms with Crippen LogP contribution >= 0.6 is 0 Å². The minimum absolute atomic E-state index is 0.0806. The van der Waals surface area contributed by atoms with Crippen molar-refractivity contribution in [3.8, 4) is 0 Å². The molecule has 1 atom stereocenters. The van der Waals surface area contributed by atoms with Gasteiger partial charge in [0, 0.05) is 12.2 Å². The minimum Gasteiger partial charge on any atom is -0.311 e. The van der Waals surface area contributed by atoms with Gasteiger partial charge >= 0.3 is 0 Å². The predicted molar refractivity (Wildman–Crippen MR) is 95.3 cm³/mol. The van der Waals surface area contributed by atoms with E-state index in [2.05, 4.69) is 4.72 Å². The normalized spacial score (nSPS) is 12.6. The van der Waals surface area contributed by atoms with Crippen LogP contribution in [0.2, 0.25) is 0 Å². The average Bonchev–Trinajstić information content (AvgIpc) is 2.61. The molecule has 2 aromatic rings.